The second kappa shape index (κ2) is 3.67. The molecule has 0 radical (unpaired) electrons. The van der Waals surface area contributed by atoms with Gasteiger partial charge in [-0.2, -0.15) is 0 Å². The predicted octanol–water partition coefficient (Wildman–Crippen LogP) is 3.12. The summed E-state index contributed by atoms with van der Waals surface area (Å²) >= 11 is 3.68. The van der Waals surface area contributed by atoms with E-state index in [-0.39, 0.29) is 0 Å². The third-order valence-corrected chi connectivity index (χ3v) is 4.09. The Balaban J connectivity index is 1.76. The van der Waals surface area contributed by atoms with Gasteiger partial charge in [0.15, 0.2) is 0 Å². The van der Waals surface area contributed by atoms with Gasteiger partial charge < -0.3 is 4.74 Å². The molecule has 3 atom stereocenters. The highest BCUT2D eigenvalue weighted by molar-refractivity contribution is 9.09. The molecular weight excluding hydrogens is 216 g/mol. The van der Waals surface area contributed by atoms with Crippen molar-refractivity contribution in [2.75, 3.05) is 0 Å². The second-order valence-electron chi connectivity index (χ2n) is 4.16. The summed E-state index contributed by atoms with van der Waals surface area (Å²) in [5.74, 6) is 0.880. The summed E-state index contributed by atoms with van der Waals surface area (Å²) in [7, 11) is 0. The lowest BCUT2D eigenvalue weighted by Crippen LogP contribution is -2.24. The van der Waals surface area contributed by atoms with Gasteiger partial charge in [-0.25, -0.2) is 0 Å². The molecule has 0 saturated heterocycles. The summed E-state index contributed by atoms with van der Waals surface area (Å²) in [6.07, 6.45) is 7.67. The lowest BCUT2D eigenvalue weighted by atomic mass is 10.2. The lowest BCUT2D eigenvalue weighted by Gasteiger charge is -2.20. The van der Waals surface area contributed by atoms with E-state index >= 15 is 0 Å². The van der Waals surface area contributed by atoms with Crippen LogP contribution in [0, 0.1) is 5.92 Å². The van der Waals surface area contributed by atoms with Crippen molar-refractivity contribution in [3.05, 3.63) is 0 Å². The highest BCUT2D eigenvalue weighted by Crippen LogP contribution is 2.37. The van der Waals surface area contributed by atoms with E-state index < -0.39 is 0 Å². The summed E-state index contributed by atoms with van der Waals surface area (Å²) in [6, 6.07) is 0. The monoisotopic (exact) mass is 232 g/mol. The molecule has 2 rings (SSSR count). The fraction of sp³-hybridized carbons (Fsp3) is 1.00. The molecule has 2 aliphatic rings. The molecule has 12 heavy (non-hydrogen) atoms. The Labute approximate surface area is 83.0 Å². The number of ether oxygens (including phenoxy) is 1. The number of hydrogen-bond donors (Lipinski definition) is 0. The Kier molecular flexibility index (Phi) is 2.75. The summed E-state index contributed by atoms with van der Waals surface area (Å²) in [4.78, 5) is 0.624. The minimum absolute atomic E-state index is 0.501. The van der Waals surface area contributed by atoms with Crippen molar-refractivity contribution in [3.63, 3.8) is 0 Å². The Morgan fingerprint density at radius 2 is 2.00 bits per heavy atom. The average Bonchev–Trinajstić information content (AvgIpc) is 2.80. The van der Waals surface area contributed by atoms with Crippen LogP contribution in [0.25, 0.3) is 0 Å². The molecule has 0 aromatic heterocycles. The SMILES string of the molecule is CC(OC1CCCC1Br)C1CC1. The van der Waals surface area contributed by atoms with Crippen molar-refractivity contribution in [2.45, 2.75) is 56.1 Å². The van der Waals surface area contributed by atoms with Gasteiger partial charge in [-0.05, 0) is 44.9 Å². The molecule has 0 aliphatic heterocycles. The van der Waals surface area contributed by atoms with Gasteiger partial charge in [-0.1, -0.05) is 15.9 Å². The standard InChI is InChI=1S/C10H17BrO/c1-7(8-5-6-8)12-10-4-2-3-9(10)11/h7-10H,2-6H2,1H3. The molecule has 2 aliphatic carbocycles. The van der Waals surface area contributed by atoms with Crippen LogP contribution in [0.15, 0.2) is 0 Å². The normalized spacial score (nSPS) is 38.5. The van der Waals surface area contributed by atoms with Crippen LogP contribution in [0.4, 0.5) is 0 Å². The van der Waals surface area contributed by atoms with E-state index in [1.165, 1.54) is 32.1 Å². The Morgan fingerprint density at radius 3 is 2.50 bits per heavy atom. The smallest absolute Gasteiger partial charge is 0.0703 e. The summed E-state index contributed by atoms with van der Waals surface area (Å²) in [6.45, 7) is 2.23. The van der Waals surface area contributed by atoms with Gasteiger partial charge in [0.2, 0.25) is 0 Å². The maximum Gasteiger partial charge on any atom is 0.0703 e. The van der Waals surface area contributed by atoms with Crippen LogP contribution in [0.5, 0.6) is 0 Å². The van der Waals surface area contributed by atoms with Crippen molar-refractivity contribution in [1.82, 2.24) is 0 Å². The highest BCUT2D eigenvalue weighted by atomic mass is 79.9. The van der Waals surface area contributed by atoms with E-state index in [0.717, 1.165) is 5.92 Å². The molecule has 0 N–H and O–H groups in total. The molecule has 0 aromatic carbocycles. The third-order valence-electron chi connectivity index (χ3n) is 3.05. The van der Waals surface area contributed by atoms with Crippen LogP contribution in [0.2, 0.25) is 0 Å². The minimum Gasteiger partial charge on any atom is -0.374 e. The first kappa shape index (κ1) is 9.01. The third kappa shape index (κ3) is 2.02. The maximum atomic E-state index is 6.00. The molecule has 0 bridgehead atoms. The van der Waals surface area contributed by atoms with Crippen LogP contribution in [-0.2, 0) is 4.74 Å². The zero-order valence-corrected chi connectivity index (χ0v) is 9.22. The summed E-state index contributed by atoms with van der Waals surface area (Å²) in [5.41, 5.74) is 0. The first-order valence-electron chi connectivity index (χ1n) is 5.07. The number of hydrogen-bond acceptors (Lipinski definition) is 1. The van der Waals surface area contributed by atoms with E-state index in [1.54, 1.807) is 0 Å². The maximum absolute atomic E-state index is 6.00. The Bertz CT molecular complexity index is 156. The van der Waals surface area contributed by atoms with E-state index in [4.69, 9.17) is 4.74 Å². The van der Waals surface area contributed by atoms with Crippen LogP contribution in [0.3, 0.4) is 0 Å². The minimum atomic E-state index is 0.501. The molecular formula is C10H17BrO. The molecule has 2 heteroatoms. The zero-order valence-electron chi connectivity index (χ0n) is 7.63. The van der Waals surface area contributed by atoms with Gasteiger partial charge in [0.25, 0.3) is 0 Å². The van der Waals surface area contributed by atoms with Crippen molar-refractivity contribution in [1.29, 1.82) is 0 Å². The van der Waals surface area contributed by atoms with Crippen LogP contribution in [-0.4, -0.2) is 17.0 Å². The molecule has 3 unspecified atom stereocenters. The second-order valence-corrected chi connectivity index (χ2v) is 5.34. The van der Waals surface area contributed by atoms with Crippen molar-refractivity contribution >= 4 is 15.9 Å². The molecule has 2 saturated carbocycles. The molecule has 0 aromatic rings. The largest absolute Gasteiger partial charge is 0.374 e. The van der Waals surface area contributed by atoms with Crippen molar-refractivity contribution < 1.29 is 4.74 Å². The number of alkyl halides is 1. The van der Waals surface area contributed by atoms with Crippen molar-refractivity contribution in [2.24, 2.45) is 5.92 Å². The molecule has 70 valence electrons. The van der Waals surface area contributed by atoms with Gasteiger partial charge >= 0.3 is 0 Å². The first-order valence-corrected chi connectivity index (χ1v) is 5.98. The fourth-order valence-corrected chi connectivity index (χ4v) is 2.70. The quantitative estimate of drug-likeness (QED) is 0.680. The molecule has 0 heterocycles. The topological polar surface area (TPSA) is 9.23 Å². The predicted molar refractivity (Wildman–Crippen MR) is 53.6 cm³/mol. The van der Waals surface area contributed by atoms with Crippen LogP contribution >= 0.6 is 15.9 Å². The van der Waals surface area contributed by atoms with E-state index in [1.807, 2.05) is 0 Å². The Hall–Kier alpha value is 0.440. The molecule has 2 fully saturated rings. The van der Waals surface area contributed by atoms with Crippen molar-refractivity contribution in [3.8, 4) is 0 Å². The van der Waals surface area contributed by atoms with Crippen LogP contribution < -0.4 is 0 Å². The van der Waals surface area contributed by atoms with Crippen LogP contribution in [0.1, 0.15) is 39.0 Å². The first-order chi connectivity index (χ1) is 5.77. The number of rotatable bonds is 3. The zero-order chi connectivity index (χ0) is 8.55. The lowest BCUT2D eigenvalue weighted by molar-refractivity contribution is -0.00562. The van der Waals surface area contributed by atoms with Gasteiger partial charge in [0.05, 0.1) is 12.2 Å². The fourth-order valence-electron chi connectivity index (χ4n) is 1.99. The molecule has 0 spiro atoms. The van der Waals surface area contributed by atoms with Gasteiger partial charge in [0.1, 0.15) is 0 Å². The molecule has 0 amide bonds. The Morgan fingerprint density at radius 1 is 1.25 bits per heavy atom. The van der Waals surface area contributed by atoms with Gasteiger partial charge in [-0.15, -0.1) is 0 Å². The number of halogens is 1. The summed E-state index contributed by atoms with van der Waals surface area (Å²) < 4.78 is 6.00. The van der Waals surface area contributed by atoms with Gasteiger partial charge in [0, 0.05) is 4.83 Å². The highest BCUT2D eigenvalue weighted by Gasteiger charge is 2.33. The average molecular weight is 233 g/mol. The van der Waals surface area contributed by atoms with E-state index in [0.29, 0.717) is 17.0 Å². The molecule has 1 nitrogen and oxygen atoms in total. The summed E-state index contributed by atoms with van der Waals surface area (Å²) in [5, 5.41) is 0. The van der Waals surface area contributed by atoms with E-state index in [9.17, 15) is 0 Å². The van der Waals surface area contributed by atoms with E-state index in [2.05, 4.69) is 22.9 Å². The van der Waals surface area contributed by atoms with Gasteiger partial charge in [-0.3, -0.25) is 0 Å².